The molecule has 0 aliphatic heterocycles. The highest BCUT2D eigenvalue weighted by Crippen LogP contribution is 2.38. The first-order chi connectivity index (χ1) is 13.6. The highest BCUT2D eigenvalue weighted by molar-refractivity contribution is 5.97. The maximum Gasteiger partial charge on any atom is 0.255 e. The molecule has 0 saturated heterocycles. The average molecular weight is 375 g/mol. The van der Waals surface area contributed by atoms with E-state index in [0.29, 0.717) is 17.9 Å². The van der Waals surface area contributed by atoms with Gasteiger partial charge in [-0.3, -0.25) is 9.48 Å². The number of nitrogens with one attached hydrogen (secondary N) is 1. The number of hydrogen-bond donors (Lipinski definition) is 1. The Bertz CT molecular complexity index is 981. The van der Waals surface area contributed by atoms with E-state index in [-0.39, 0.29) is 11.3 Å². The van der Waals surface area contributed by atoms with Gasteiger partial charge in [0.05, 0.1) is 18.9 Å². The highest BCUT2D eigenvalue weighted by Gasteiger charge is 2.38. The van der Waals surface area contributed by atoms with E-state index in [1.54, 1.807) is 13.2 Å². The van der Waals surface area contributed by atoms with Crippen molar-refractivity contribution in [3.8, 4) is 5.75 Å². The largest absolute Gasteiger partial charge is 0.496 e. The molecule has 1 amide bonds. The highest BCUT2D eigenvalue weighted by atomic mass is 16.5. The van der Waals surface area contributed by atoms with Crippen LogP contribution in [0.15, 0.2) is 60.8 Å². The lowest BCUT2D eigenvalue weighted by Gasteiger charge is -2.38. The molecule has 1 atom stereocenters. The van der Waals surface area contributed by atoms with Crippen LogP contribution in [-0.4, -0.2) is 29.3 Å². The first-order valence-corrected chi connectivity index (χ1v) is 9.59. The number of fused-ring (bicyclic) bond motifs is 1. The predicted octanol–water partition coefficient (Wildman–Crippen LogP) is 3.29. The maximum atomic E-state index is 12.9. The van der Waals surface area contributed by atoms with Crippen molar-refractivity contribution in [2.75, 3.05) is 13.7 Å². The van der Waals surface area contributed by atoms with Gasteiger partial charge in [-0.25, -0.2) is 0 Å². The molecule has 1 aromatic heterocycles. The van der Waals surface area contributed by atoms with E-state index in [0.717, 1.165) is 19.3 Å². The summed E-state index contributed by atoms with van der Waals surface area (Å²) in [7, 11) is 3.58. The van der Waals surface area contributed by atoms with Crippen molar-refractivity contribution >= 4 is 5.91 Å². The zero-order valence-corrected chi connectivity index (χ0v) is 16.3. The third kappa shape index (κ3) is 3.28. The molecule has 4 rings (SSSR count). The normalized spacial score (nSPS) is 18.4. The fraction of sp³-hybridized carbons (Fsp3) is 0.304. The molecule has 5 nitrogen and oxygen atoms in total. The number of hydrogen-bond acceptors (Lipinski definition) is 3. The third-order valence-electron chi connectivity index (χ3n) is 5.84. The fourth-order valence-electron chi connectivity index (χ4n) is 4.26. The minimum atomic E-state index is -0.144. The molecule has 0 fully saturated rings. The van der Waals surface area contributed by atoms with Crippen LogP contribution in [0.3, 0.4) is 0 Å². The Balaban J connectivity index is 1.62. The Kier molecular flexibility index (Phi) is 4.90. The number of nitrogens with zero attached hydrogens (tertiary/aromatic N) is 2. The predicted molar refractivity (Wildman–Crippen MR) is 109 cm³/mol. The molecule has 28 heavy (non-hydrogen) atoms. The Labute approximate surface area is 165 Å². The third-order valence-corrected chi connectivity index (χ3v) is 5.84. The molecule has 1 heterocycles. The molecule has 1 aliphatic carbocycles. The van der Waals surface area contributed by atoms with Gasteiger partial charge >= 0.3 is 0 Å². The lowest BCUT2D eigenvalue weighted by molar-refractivity contribution is 0.0937. The van der Waals surface area contributed by atoms with Gasteiger partial charge in [0, 0.05) is 24.7 Å². The standard InChI is InChI=1S/C23H25N3O2/c1-26-20-12-13-23(14-17(20)15-25-26,18-8-4-3-5-9-18)16-24-22(27)19-10-6-7-11-21(19)28-2/h3-11,15H,12-14,16H2,1-2H3,(H,24,27). The van der Waals surface area contributed by atoms with Gasteiger partial charge < -0.3 is 10.1 Å². The Morgan fingerprint density at radius 2 is 1.93 bits per heavy atom. The summed E-state index contributed by atoms with van der Waals surface area (Å²) in [5, 5.41) is 7.61. The number of carbonyl (C=O) groups excluding carboxylic acids is 1. The molecule has 5 heteroatoms. The zero-order valence-electron chi connectivity index (χ0n) is 16.3. The Hall–Kier alpha value is -3.08. The zero-order chi connectivity index (χ0) is 19.6. The summed E-state index contributed by atoms with van der Waals surface area (Å²) in [5.74, 6) is 0.483. The molecule has 144 valence electrons. The molecule has 0 radical (unpaired) electrons. The molecule has 0 spiro atoms. The summed E-state index contributed by atoms with van der Waals surface area (Å²) < 4.78 is 7.32. The fourth-order valence-corrected chi connectivity index (χ4v) is 4.26. The van der Waals surface area contributed by atoms with Gasteiger partial charge in [-0.15, -0.1) is 0 Å². The number of carbonyl (C=O) groups is 1. The van der Waals surface area contributed by atoms with Gasteiger partial charge in [-0.2, -0.15) is 5.10 Å². The monoisotopic (exact) mass is 375 g/mol. The van der Waals surface area contributed by atoms with Crippen molar-refractivity contribution in [3.63, 3.8) is 0 Å². The lowest BCUT2D eigenvalue weighted by Crippen LogP contribution is -2.44. The van der Waals surface area contributed by atoms with Crippen molar-refractivity contribution in [3.05, 3.63) is 83.2 Å². The smallest absolute Gasteiger partial charge is 0.255 e. The first-order valence-electron chi connectivity index (χ1n) is 9.59. The molecular weight excluding hydrogens is 350 g/mol. The minimum Gasteiger partial charge on any atom is -0.496 e. The number of aromatic nitrogens is 2. The SMILES string of the molecule is COc1ccccc1C(=O)NCC1(c2ccccc2)CCc2c(cnn2C)C1. The van der Waals surface area contributed by atoms with Gasteiger partial charge in [0.2, 0.25) is 0 Å². The molecule has 0 bridgehead atoms. The Morgan fingerprint density at radius 1 is 1.18 bits per heavy atom. The number of ether oxygens (including phenoxy) is 1. The van der Waals surface area contributed by atoms with E-state index < -0.39 is 0 Å². The van der Waals surface area contributed by atoms with E-state index >= 15 is 0 Å². The summed E-state index contributed by atoms with van der Waals surface area (Å²) in [4.78, 5) is 12.9. The first kappa shape index (κ1) is 18.3. The van der Waals surface area contributed by atoms with E-state index in [4.69, 9.17) is 4.74 Å². The minimum absolute atomic E-state index is 0.107. The summed E-state index contributed by atoms with van der Waals surface area (Å²) in [6.07, 6.45) is 4.75. The molecule has 0 saturated carbocycles. The molecule has 1 aliphatic rings. The van der Waals surface area contributed by atoms with Gasteiger partial charge in [0.1, 0.15) is 5.75 Å². The number of rotatable bonds is 5. The second-order valence-corrected chi connectivity index (χ2v) is 7.45. The number of para-hydroxylation sites is 1. The van der Waals surface area contributed by atoms with Crippen molar-refractivity contribution in [1.29, 1.82) is 0 Å². The summed E-state index contributed by atoms with van der Waals surface area (Å²) >= 11 is 0. The lowest BCUT2D eigenvalue weighted by atomic mass is 9.68. The number of benzene rings is 2. The van der Waals surface area contributed by atoms with Crippen LogP contribution in [-0.2, 0) is 25.3 Å². The van der Waals surface area contributed by atoms with Crippen LogP contribution in [0.25, 0.3) is 0 Å². The quantitative estimate of drug-likeness (QED) is 0.745. The summed E-state index contributed by atoms with van der Waals surface area (Å²) in [6.45, 7) is 0.572. The topological polar surface area (TPSA) is 56.1 Å². The van der Waals surface area contributed by atoms with Gasteiger partial charge in [0.25, 0.3) is 5.91 Å². The summed E-state index contributed by atoms with van der Waals surface area (Å²) in [5.41, 5.74) is 4.23. The van der Waals surface area contributed by atoms with Crippen LogP contribution < -0.4 is 10.1 Å². The van der Waals surface area contributed by atoms with Crippen molar-refractivity contribution < 1.29 is 9.53 Å². The van der Waals surface area contributed by atoms with Crippen LogP contribution in [0.1, 0.15) is 33.6 Å². The van der Waals surface area contributed by atoms with E-state index in [2.05, 4.69) is 34.7 Å². The number of methoxy groups -OCH3 is 1. The average Bonchev–Trinajstić information content (AvgIpc) is 3.12. The van der Waals surface area contributed by atoms with Crippen LogP contribution >= 0.6 is 0 Å². The van der Waals surface area contributed by atoms with Crippen LogP contribution in [0.4, 0.5) is 0 Å². The van der Waals surface area contributed by atoms with Gasteiger partial charge in [-0.05, 0) is 42.5 Å². The van der Waals surface area contributed by atoms with Gasteiger partial charge in [0.15, 0.2) is 0 Å². The summed E-state index contributed by atoms with van der Waals surface area (Å²) in [6, 6.07) is 17.8. The van der Waals surface area contributed by atoms with Crippen LogP contribution in [0.2, 0.25) is 0 Å². The van der Waals surface area contributed by atoms with Crippen molar-refractivity contribution in [2.24, 2.45) is 7.05 Å². The van der Waals surface area contributed by atoms with E-state index in [1.807, 2.05) is 42.2 Å². The second kappa shape index (κ2) is 7.50. The molecule has 1 N–H and O–H groups in total. The molecular formula is C23H25N3O2. The molecule has 2 aromatic carbocycles. The second-order valence-electron chi connectivity index (χ2n) is 7.45. The maximum absolute atomic E-state index is 12.9. The van der Waals surface area contributed by atoms with E-state index in [9.17, 15) is 4.79 Å². The number of amides is 1. The van der Waals surface area contributed by atoms with E-state index in [1.165, 1.54) is 16.8 Å². The molecule has 1 unspecified atom stereocenters. The van der Waals surface area contributed by atoms with Crippen LogP contribution in [0, 0.1) is 0 Å². The molecule has 3 aromatic rings. The van der Waals surface area contributed by atoms with Gasteiger partial charge in [-0.1, -0.05) is 42.5 Å². The van der Waals surface area contributed by atoms with Crippen LogP contribution in [0.5, 0.6) is 5.75 Å². The Morgan fingerprint density at radius 3 is 2.71 bits per heavy atom. The van der Waals surface area contributed by atoms with Crippen molar-refractivity contribution in [1.82, 2.24) is 15.1 Å². The number of aryl methyl sites for hydroxylation is 1. The van der Waals surface area contributed by atoms with Crippen molar-refractivity contribution in [2.45, 2.75) is 24.7 Å².